The molecule has 0 N–H and O–H groups in total. The van der Waals surface area contributed by atoms with Crippen molar-refractivity contribution in [3.8, 4) is 0 Å². The molecule has 1 aromatic carbocycles. The van der Waals surface area contributed by atoms with Gasteiger partial charge in [0, 0.05) is 38.3 Å². The Bertz CT molecular complexity index is 552. The monoisotopic (exact) mass is 356 g/mol. The number of piperidine rings is 2. The first-order valence-electron chi connectivity index (χ1n) is 10.7. The average molecular weight is 357 g/mol. The van der Waals surface area contributed by atoms with Gasteiger partial charge in [-0.25, -0.2) is 0 Å². The molecule has 2 fully saturated rings. The molecule has 144 valence electrons. The highest BCUT2D eigenvalue weighted by atomic mass is 16.2. The first kappa shape index (κ1) is 19.3. The van der Waals surface area contributed by atoms with Gasteiger partial charge in [0.05, 0.1) is 0 Å². The third kappa shape index (κ3) is 5.49. The van der Waals surface area contributed by atoms with Crippen molar-refractivity contribution in [3.05, 3.63) is 29.8 Å². The fourth-order valence-electron chi connectivity index (χ4n) is 4.29. The van der Waals surface area contributed by atoms with Crippen LogP contribution in [0.1, 0.15) is 64.4 Å². The second-order valence-corrected chi connectivity index (χ2v) is 8.67. The molecular weight excluding hydrogens is 320 g/mol. The minimum Gasteiger partial charge on any atom is -0.372 e. The minimum absolute atomic E-state index is 0.364. The summed E-state index contributed by atoms with van der Waals surface area (Å²) in [6.07, 6.45) is 9.25. The van der Waals surface area contributed by atoms with Crippen LogP contribution in [-0.4, -0.2) is 37.0 Å². The van der Waals surface area contributed by atoms with E-state index in [4.69, 9.17) is 0 Å². The van der Waals surface area contributed by atoms with E-state index in [0.717, 1.165) is 51.1 Å². The number of nitrogens with zero attached hydrogens (tertiary/aromatic N) is 2. The quantitative estimate of drug-likeness (QED) is 0.724. The first-order valence-corrected chi connectivity index (χ1v) is 10.7. The molecule has 1 amide bonds. The van der Waals surface area contributed by atoms with E-state index in [0.29, 0.717) is 11.8 Å². The topological polar surface area (TPSA) is 23.6 Å². The van der Waals surface area contributed by atoms with E-state index in [1.807, 2.05) is 0 Å². The number of hydrogen-bond acceptors (Lipinski definition) is 2. The molecule has 3 heteroatoms. The van der Waals surface area contributed by atoms with Gasteiger partial charge in [-0.3, -0.25) is 4.79 Å². The number of rotatable bonds is 6. The van der Waals surface area contributed by atoms with Gasteiger partial charge in [-0.05, 0) is 74.5 Å². The number of amides is 1. The summed E-state index contributed by atoms with van der Waals surface area (Å²) in [4.78, 5) is 16.9. The highest BCUT2D eigenvalue weighted by molar-refractivity contribution is 5.76. The maximum atomic E-state index is 12.3. The summed E-state index contributed by atoms with van der Waals surface area (Å²) in [5.74, 6) is 1.71. The van der Waals surface area contributed by atoms with Gasteiger partial charge in [-0.1, -0.05) is 26.0 Å². The van der Waals surface area contributed by atoms with Crippen LogP contribution in [0.5, 0.6) is 0 Å². The number of benzene rings is 1. The van der Waals surface area contributed by atoms with Crippen LogP contribution in [0.3, 0.4) is 0 Å². The molecule has 2 aliphatic heterocycles. The van der Waals surface area contributed by atoms with Crippen LogP contribution in [0.15, 0.2) is 24.3 Å². The van der Waals surface area contributed by atoms with E-state index in [1.165, 1.54) is 43.6 Å². The van der Waals surface area contributed by atoms with Crippen LogP contribution in [0.25, 0.3) is 0 Å². The molecule has 2 aliphatic rings. The zero-order chi connectivity index (χ0) is 18.4. The van der Waals surface area contributed by atoms with E-state index in [-0.39, 0.29) is 0 Å². The number of anilines is 1. The third-order valence-corrected chi connectivity index (χ3v) is 6.08. The van der Waals surface area contributed by atoms with Crippen LogP contribution in [0.4, 0.5) is 5.69 Å². The molecule has 0 saturated carbocycles. The van der Waals surface area contributed by atoms with E-state index in [1.54, 1.807) is 0 Å². The summed E-state index contributed by atoms with van der Waals surface area (Å²) >= 11 is 0. The van der Waals surface area contributed by atoms with Crippen LogP contribution >= 0.6 is 0 Å². The molecule has 3 rings (SSSR count). The fourth-order valence-corrected chi connectivity index (χ4v) is 4.29. The summed E-state index contributed by atoms with van der Waals surface area (Å²) in [7, 11) is 0. The summed E-state index contributed by atoms with van der Waals surface area (Å²) < 4.78 is 0. The largest absolute Gasteiger partial charge is 0.372 e. The van der Waals surface area contributed by atoms with E-state index >= 15 is 0 Å². The molecular formula is C23H36N2O. The smallest absolute Gasteiger partial charge is 0.222 e. The van der Waals surface area contributed by atoms with Gasteiger partial charge in [0.1, 0.15) is 0 Å². The van der Waals surface area contributed by atoms with Crippen molar-refractivity contribution in [2.45, 2.75) is 65.2 Å². The molecule has 3 nitrogen and oxygen atoms in total. The van der Waals surface area contributed by atoms with Gasteiger partial charge in [-0.2, -0.15) is 0 Å². The molecule has 0 radical (unpaired) electrons. The molecule has 0 aromatic heterocycles. The van der Waals surface area contributed by atoms with E-state index in [2.05, 4.69) is 47.9 Å². The van der Waals surface area contributed by atoms with Crippen molar-refractivity contribution < 1.29 is 4.79 Å². The Kier molecular flexibility index (Phi) is 6.99. The Morgan fingerprint density at radius 2 is 1.65 bits per heavy atom. The van der Waals surface area contributed by atoms with Gasteiger partial charge in [0.2, 0.25) is 5.91 Å². The van der Waals surface area contributed by atoms with Gasteiger partial charge >= 0.3 is 0 Å². The number of hydrogen-bond donors (Lipinski definition) is 0. The van der Waals surface area contributed by atoms with Gasteiger partial charge < -0.3 is 9.80 Å². The lowest BCUT2D eigenvalue weighted by Gasteiger charge is -2.32. The second kappa shape index (κ2) is 9.43. The van der Waals surface area contributed by atoms with Crippen molar-refractivity contribution in [2.75, 3.05) is 31.1 Å². The lowest BCUT2D eigenvalue weighted by atomic mass is 9.90. The van der Waals surface area contributed by atoms with Crippen molar-refractivity contribution >= 4 is 11.6 Å². The molecule has 0 unspecified atom stereocenters. The van der Waals surface area contributed by atoms with Crippen LogP contribution in [-0.2, 0) is 11.2 Å². The van der Waals surface area contributed by atoms with Gasteiger partial charge in [-0.15, -0.1) is 0 Å². The van der Waals surface area contributed by atoms with Crippen LogP contribution < -0.4 is 4.90 Å². The third-order valence-electron chi connectivity index (χ3n) is 6.08. The molecule has 1 aromatic rings. The summed E-state index contributed by atoms with van der Waals surface area (Å²) in [5.41, 5.74) is 2.84. The van der Waals surface area contributed by atoms with Gasteiger partial charge in [0.15, 0.2) is 0 Å². The zero-order valence-corrected chi connectivity index (χ0v) is 16.8. The molecule has 2 saturated heterocycles. The fraction of sp³-hybridized carbons (Fsp3) is 0.696. The highest BCUT2D eigenvalue weighted by Gasteiger charge is 2.23. The van der Waals surface area contributed by atoms with Crippen molar-refractivity contribution in [2.24, 2.45) is 11.8 Å². The van der Waals surface area contributed by atoms with Crippen LogP contribution in [0, 0.1) is 11.8 Å². The SMILES string of the molecule is CC(C)CCC(=O)N1CCC(Cc2ccc(N3CCCCC3)cc2)CC1. The summed E-state index contributed by atoms with van der Waals surface area (Å²) in [6.45, 7) is 8.71. The van der Waals surface area contributed by atoms with Crippen molar-refractivity contribution in [1.29, 1.82) is 0 Å². The van der Waals surface area contributed by atoms with Crippen molar-refractivity contribution in [3.63, 3.8) is 0 Å². The van der Waals surface area contributed by atoms with Crippen LogP contribution in [0.2, 0.25) is 0 Å². The first-order chi connectivity index (χ1) is 12.6. The zero-order valence-electron chi connectivity index (χ0n) is 16.8. The Labute approximate surface area is 159 Å². The van der Waals surface area contributed by atoms with Crippen molar-refractivity contribution in [1.82, 2.24) is 4.90 Å². The predicted octanol–water partition coefficient (Wildman–Crippen LogP) is 4.89. The van der Waals surface area contributed by atoms with E-state index in [9.17, 15) is 4.79 Å². The lowest BCUT2D eigenvalue weighted by molar-refractivity contribution is -0.132. The second-order valence-electron chi connectivity index (χ2n) is 8.67. The Morgan fingerprint density at radius 1 is 1.00 bits per heavy atom. The van der Waals surface area contributed by atoms with Gasteiger partial charge in [0.25, 0.3) is 0 Å². The summed E-state index contributed by atoms with van der Waals surface area (Å²) in [5, 5.41) is 0. The number of carbonyl (C=O) groups is 1. The predicted molar refractivity (Wildman–Crippen MR) is 110 cm³/mol. The maximum absolute atomic E-state index is 12.3. The molecule has 0 bridgehead atoms. The number of likely N-dealkylation sites (tertiary alicyclic amines) is 1. The summed E-state index contributed by atoms with van der Waals surface area (Å²) in [6, 6.07) is 9.27. The maximum Gasteiger partial charge on any atom is 0.222 e. The Hall–Kier alpha value is -1.51. The Balaban J connectivity index is 1.43. The standard InChI is InChI=1S/C23H36N2O/c1-19(2)6-11-23(26)25-16-12-21(13-17-25)18-20-7-9-22(10-8-20)24-14-4-3-5-15-24/h7-10,19,21H,3-6,11-18H2,1-2H3. The molecule has 0 aliphatic carbocycles. The molecule has 0 atom stereocenters. The minimum atomic E-state index is 0.364. The molecule has 2 heterocycles. The molecule has 26 heavy (non-hydrogen) atoms. The van der Waals surface area contributed by atoms with E-state index < -0.39 is 0 Å². The lowest BCUT2D eigenvalue weighted by Crippen LogP contribution is -2.38. The normalized spacial score (nSPS) is 19.2. The average Bonchev–Trinajstić information content (AvgIpc) is 2.68. The number of carbonyl (C=O) groups excluding carboxylic acids is 1. The Morgan fingerprint density at radius 3 is 2.27 bits per heavy atom. The highest BCUT2D eigenvalue weighted by Crippen LogP contribution is 2.25. The molecule has 0 spiro atoms.